The van der Waals surface area contributed by atoms with Crippen LogP contribution in [-0.4, -0.2) is 12.2 Å². The van der Waals surface area contributed by atoms with E-state index in [0.29, 0.717) is 11.4 Å². The number of hydrogen-bond acceptors (Lipinski definition) is 5. The quantitative estimate of drug-likeness (QED) is 0.484. The van der Waals surface area contributed by atoms with Gasteiger partial charge in [0.1, 0.15) is 0 Å². The average molecular weight is 327 g/mol. The smallest absolute Gasteiger partial charge is 0.240 e. The fourth-order valence-corrected chi connectivity index (χ4v) is 2.48. The van der Waals surface area contributed by atoms with E-state index in [1.54, 1.807) is 24.3 Å². The number of isocyanates is 2. The molecular weight excluding hydrogens is 314 g/mol. The van der Waals surface area contributed by atoms with Crippen LogP contribution in [0.5, 0.6) is 0 Å². The number of hydrogen-bond donors (Lipinski definition) is 0. The van der Waals surface area contributed by atoms with E-state index in [1.807, 2.05) is 59.5 Å². The molecule has 0 aliphatic heterocycles. The van der Waals surface area contributed by atoms with E-state index >= 15 is 0 Å². The lowest BCUT2D eigenvalue weighted by molar-refractivity contribution is 0.564. The molecule has 0 aliphatic rings. The minimum atomic E-state index is 0.544. The molecule has 3 aromatic rings. The van der Waals surface area contributed by atoms with Gasteiger partial charge in [0.25, 0.3) is 0 Å². The van der Waals surface area contributed by atoms with Crippen molar-refractivity contribution in [1.29, 1.82) is 0 Å². The van der Waals surface area contributed by atoms with Crippen molar-refractivity contribution in [3.05, 3.63) is 78.9 Å². The van der Waals surface area contributed by atoms with Gasteiger partial charge in [0, 0.05) is 17.1 Å². The fraction of sp³-hybridized carbons (Fsp3) is 0. The highest BCUT2D eigenvalue weighted by atomic mass is 16.1. The highest BCUT2D eigenvalue weighted by Crippen LogP contribution is 2.35. The number of rotatable bonds is 5. The molecule has 0 unspecified atom stereocenters. The van der Waals surface area contributed by atoms with Gasteiger partial charge in [-0.15, -0.1) is 0 Å². The number of benzene rings is 3. The predicted octanol–water partition coefficient (Wildman–Crippen LogP) is 5.09. The molecule has 0 saturated heterocycles. The van der Waals surface area contributed by atoms with Crippen LogP contribution in [0.1, 0.15) is 0 Å². The summed E-state index contributed by atoms with van der Waals surface area (Å²) in [5, 5.41) is 0. The van der Waals surface area contributed by atoms with E-state index in [2.05, 4.69) is 9.98 Å². The lowest BCUT2D eigenvalue weighted by atomic mass is 10.2. The van der Waals surface area contributed by atoms with E-state index in [4.69, 9.17) is 0 Å². The molecule has 0 fully saturated rings. The summed E-state index contributed by atoms with van der Waals surface area (Å²) in [6.45, 7) is 0. The lowest BCUT2D eigenvalue weighted by Crippen LogP contribution is -2.09. The van der Waals surface area contributed by atoms with E-state index in [9.17, 15) is 9.59 Å². The van der Waals surface area contributed by atoms with Crippen LogP contribution >= 0.6 is 0 Å². The maximum absolute atomic E-state index is 10.4. The zero-order chi connectivity index (χ0) is 17.5. The van der Waals surface area contributed by atoms with Gasteiger partial charge in [-0.25, -0.2) is 9.59 Å². The molecular formula is C20H13N3O2. The van der Waals surface area contributed by atoms with Crippen LogP contribution in [0.2, 0.25) is 0 Å². The van der Waals surface area contributed by atoms with E-state index in [-0.39, 0.29) is 0 Å². The van der Waals surface area contributed by atoms with Gasteiger partial charge in [0.15, 0.2) is 0 Å². The molecule has 0 spiro atoms. The van der Waals surface area contributed by atoms with Crippen molar-refractivity contribution < 1.29 is 9.59 Å². The molecule has 3 aromatic carbocycles. The second-order valence-electron chi connectivity index (χ2n) is 5.11. The van der Waals surface area contributed by atoms with Crippen LogP contribution in [0.4, 0.5) is 28.4 Å². The average Bonchev–Trinajstić information content (AvgIpc) is 2.66. The molecule has 120 valence electrons. The lowest BCUT2D eigenvalue weighted by Gasteiger charge is -2.25. The molecule has 5 nitrogen and oxygen atoms in total. The van der Waals surface area contributed by atoms with Crippen LogP contribution < -0.4 is 4.90 Å². The highest BCUT2D eigenvalue weighted by molar-refractivity contribution is 5.77. The van der Waals surface area contributed by atoms with Gasteiger partial charge >= 0.3 is 0 Å². The minimum absolute atomic E-state index is 0.544. The molecule has 0 aliphatic carbocycles. The summed E-state index contributed by atoms with van der Waals surface area (Å²) in [5.41, 5.74) is 3.87. The van der Waals surface area contributed by atoms with Crippen LogP contribution in [-0.2, 0) is 9.59 Å². The van der Waals surface area contributed by atoms with Crippen molar-refractivity contribution >= 4 is 40.6 Å². The Bertz CT molecular complexity index is 877. The molecule has 0 heterocycles. The molecule has 0 atom stereocenters. The Labute approximate surface area is 144 Å². The normalized spacial score (nSPS) is 9.60. The topological polar surface area (TPSA) is 62.1 Å². The summed E-state index contributed by atoms with van der Waals surface area (Å²) < 4.78 is 0. The summed E-state index contributed by atoms with van der Waals surface area (Å²) in [7, 11) is 0. The van der Waals surface area contributed by atoms with E-state index in [1.165, 1.54) is 12.2 Å². The van der Waals surface area contributed by atoms with Gasteiger partial charge in [-0.2, -0.15) is 9.98 Å². The van der Waals surface area contributed by atoms with Crippen molar-refractivity contribution in [3.63, 3.8) is 0 Å². The monoisotopic (exact) mass is 327 g/mol. The summed E-state index contributed by atoms with van der Waals surface area (Å²) in [6, 6.07) is 24.4. The molecule has 5 heteroatoms. The van der Waals surface area contributed by atoms with Crippen molar-refractivity contribution in [2.45, 2.75) is 0 Å². The van der Waals surface area contributed by atoms with E-state index < -0.39 is 0 Å². The van der Waals surface area contributed by atoms with Crippen LogP contribution in [0.25, 0.3) is 0 Å². The fourth-order valence-electron chi connectivity index (χ4n) is 2.48. The van der Waals surface area contributed by atoms with E-state index in [0.717, 1.165) is 17.1 Å². The third-order valence-corrected chi connectivity index (χ3v) is 3.58. The zero-order valence-corrected chi connectivity index (χ0v) is 13.2. The van der Waals surface area contributed by atoms with Gasteiger partial charge in [0.05, 0.1) is 11.4 Å². The molecule has 0 bridgehead atoms. The molecule has 0 radical (unpaired) electrons. The Morgan fingerprint density at radius 3 is 1.36 bits per heavy atom. The van der Waals surface area contributed by atoms with Gasteiger partial charge in [-0.1, -0.05) is 18.2 Å². The largest absolute Gasteiger partial charge is 0.311 e. The van der Waals surface area contributed by atoms with Gasteiger partial charge < -0.3 is 4.90 Å². The Hall–Kier alpha value is -3.78. The molecule has 3 rings (SSSR count). The van der Waals surface area contributed by atoms with Crippen LogP contribution in [0.3, 0.4) is 0 Å². The second kappa shape index (κ2) is 7.66. The van der Waals surface area contributed by atoms with Crippen LogP contribution in [0, 0.1) is 0 Å². The first-order valence-electron chi connectivity index (χ1n) is 7.53. The zero-order valence-electron chi connectivity index (χ0n) is 13.2. The summed E-state index contributed by atoms with van der Waals surface area (Å²) in [6.07, 6.45) is 3.07. The first kappa shape index (κ1) is 16.1. The maximum Gasteiger partial charge on any atom is 0.240 e. The van der Waals surface area contributed by atoms with Crippen molar-refractivity contribution in [1.82, 2.24) is 0 Å². The summed E-state index contributed by atoms with van der Waals surface area (Å²) in [5.74, 6) is 0. The third kappa shape index (κ3) is 3.77. The number of aliphatic imine (C=N–C) groups is 2. The Kier molecular flexibility index (Phi) is 4.93. The Morgan fingerprint density at radius 2 is 0.960 bits per heavy atom. The maximum atomic E-state index is 10.4. The predicted molar refractivity (Wildman–Crippen MR) is 96.7 cm³/mol. The van der Waals surface area contributed by atoms with Gasteiger partial charge in [0.2, 0.25) is 12.2 Å². The van der Waals surface area contributed by atoms with Gasteiger partial charge in [-0.3, -0.25) is 0 Å². The Balaban J connectivity index is 2.06. The SMILES string of the molecule is O=C=Nc1ccc(N(c2ccccc2)c2ccc(N=C=O)cc2)cc1. The number of anilines is 3. The molecule has 0 saturated carbocycles. The standard InChI is InChI=1S/C20H13N3O2/c24-14-21-16-6-10-19(11-7-16)23(18-4-2-1-3-5-18)20-12-8-17(9-13-20)22-15-25/h1-13H. The summed E-state index contributed by atoms with van der Waals surface area (Å²) >= 11 is 0. The molecule has 0 N–H and O–H groups in total. The molecule has 25 heavy (non-hydrogen) atoms. The van der Waals surface area contributed by atoms with Crippen molar-refractivity contribution in [2.75, 3.05) is 4.90 Å². The highest BCUT2D eigenvalue weighted by Gasteiger charge is 2.12. The van der Waals surface area contributed by atoms with Crippen molar-refractivity contribution in [2.24, 2.45) is 9.98 Å². The second-order valence-corrected chi connectivity index (χ2v) is 5.11. The van der Waals surface area contributed by atoms with Crippen LogP contribution in [0.15, 0.2) is 88.8 Å². The summed E-state index contributed by atoms with van der Waals surface area (Å²) in [4.78, 5) is 30.0. The first-order valence-corrected chi connectivity index (χ1v) is 7.53. The molecule has 0 amide bonds. The third-order valence-electron chi connectivity index (χ3n) is 3.58. The number of nitrogens with zero attached hydrogens (tertiary/aromatic N) is 3. The minimum Gasteiger partial charge on any atom is -0.311 e. The number of para-hydroxylation sites is 1. The first-order chi connectivity index (χ1) is 12.3. The van der Waals surface area contributed by atoms with Gasteiger partial charge in [-0.05, 0) is 60.7 Å². The Morgan fingerprint density at radius 1 is 0.560 bits per heavy atom. The molecule has 0 aromatic heterocycles. The van der Waals surface area contributed by atoms with Crippen molar-refractivity contribution in [3.8, 4) is 0 Å². The number of carbonyl (C=O) groups excluding carboxylic acids is 2.